The number of nitrogens with one attached hydrogen (secondary N) is 1. The molecule has 1 amide bonds. The lowest BCUT2D eigenvalue weighted by Crippen LogP contribution is -2.32. The molecule has 0 saturated carbocycles. The summed E-state index contributed by atoms with van der Waals surface area (Å²) in [5, 5.41) is 3.46. The number of hydrogen-bond acceptors (Lipinski definition) is 4. The third kappa shape index (κ3) is 5.92. The van der Waals surface area contributed by atoms with E-state index in [1.165, 1.54) is 6.07 Å². The van der Waals surface area contributed by atoms with Gasteiger partial charge >= 0.3 is 6.09 Å². The van der Waals surface area contributed by atoms with Gasteiger partial charge in [-0.2, -0.15) is 0 Å². The lowest BCUT2D eigenvalue weighted by molar-refractivity contribution is 0.103. The van der Waals surface area contributed by atoms with Crippen molar-refractivity contribution in [3.63, 3.8) is 0 Å². The fraction of sp³-hybridized carbons (Fsp3) is 0.360. The summed E-state index contributed by atoms with van der Waals surface area (Å²) in [6, 6.07) is 14.3. The van der Waals surface area contributed by atoms with Crippen molar-refractivity contribution in [2.75, 3.05) is 26.7 Å². The Morgan fingerprint density at radius 2 is 2.00 bits per heavy atom. The van der Waals surface area contributed by atoms with Gasteiger partial charge in [0.1, 0.15) is 18.2 Å². The number of rotatable bonds is 7. The standard InChI is InChI=1S/C25H28ClFN4O2/c1-30(25(32)33-17-18-5-3-2-4-6-18)13-14-31-16-23(20-7-8-22(27)21(26)15-20)29-24(31)19-9-11-28-12-10-19/h2-8,15-16,19,28H,9-14,17H2,1H3. The number of benzene rings is 2. The first kappa shape index (κ1) is 23.3. The van der Waals surface area contributed by atoms with Gasteiger partial charge in [0, 0.05) is 37.8 Å². The molecule has 1 N–H and O–H groups in total. The second kappa shape index (κ2) is 10.8. The van der Waals surface area contributed by atoms with Gasteiger partial charge in [-0.3, -0.25) is 0 Å². The van der Waals surface area contributed by atoms with Crippen molar-refractivity contribution in [1.82, 2.24) is 19.8 Å². The van der Waals surface area contributed by atoms with Crippen molar-refractivity contribution >= 4 is 17.7 Å². The van der Waals surface area contributed by atoms with Gasteiger partial charge in [0.2, 0.25) is 0 Å². The summed E-state index contributed by atoms with van der Waals surface area (Å²) >= 11 is 5.99. The maximum absolute atomic E-state index is 13.6. The minimum Gasteiger partial charge on any atom is -0.445 e. The first-order valence-corrected chi connectivity index (χ1v) is 11.5. The van der Waals surface area contributed by atoms with Gasteiger partial charge in [0.25, 0.3) is 0 Å². The molecule has 0 radical (unpaired) electrons. The zero-order chi connectivity index (χ0) is 23.2. The van der Waals surface area contributed by atoms with Gasteiger partial charge in [-0.1, -0.05) is 41.9 Å². The van der Waals surface area contributed by atoms with Gasteiger partial charge in [-0.15, -0.1) is 0 Å². The lowest BCUT2D eigenvalue weighted by Gasteiger charge is -2.24. The van der Waals surface area contributed by atoms with Crippen LogP contribution in [0, 0.1) is 5.82 Å². The number of hydrogen-bond donors (Lipinski definition) is 1. The summed E-state index contributed by atoms with van der Waals surface area (Å²) in [6.07, 6.45) is 3.59. The maximum Gasteiger partial charge on any atom is 0.409 e. The average molecular weight is 471 g/mol. The Bertz CT molecular complexity index is 1080. The molecule has 2 heterocycles. The smallest absolute Gasteiger partial charge is 0.409 e. The van der Waals surface area contributed by atoms with Crippen LogP contribution in [0.25, 0.3) is 11.3 Å². The normalized spacial score (nSPS) is 14.3. The number of ether oxygens (including phenoxy) is 1. The summed E-state index contributed by atoms with van der Waals surface area (Å²) in [7, 11) is 1.73. The molecule has 1 aliphatic rings. The van der Waals surface area contributed by atoms with Crippen molar-refractivity contribution in [3.8, 4) is 11.3 Å². The predicted octanol–water partition coefficient (Wildman–Crippen LogP) is 5.08. The highest BCUT2D eigenvalue weighted by Crippen LogP contribution is 2.29. The molecule has 174 valence electrons. The Labute approximate surface area is 198 Å². The van der Waals surface area contributed by atoms with Crippen LogP contribution in [-0.4, -0.2) is 47.2 Å². The fourth-order valence-corrected chi connectivity index (χ4v) is 4.17. The van der Waals surface area contributed by atoms with E-state index in [-0.39, 0.29) is 17.7 Å². The fourth-order valence-electron chi connectivity index (χ4n) is 3.99. The van der Waals surface area contributed by atoms with Crippen molar-refractivity contribution in [1.29, 1.82) is 0 Å². The Balaban J connectivity index is 1.46. The molecule has 1 aliphatic heterocycles. The Hall–Kier alpha value is -2.90. The van der Waals surface area contributed by atoms with Gasteiger partial charge in [0.05, 0.1) is 10.7 Å². The highest BCUT2D eigenvalue weighted by atomic mass is 35.5. The van der Waals surface area contributed by atoms with E-state index in [2.05, 4.69) is 9.88 Å². The van der Waals surface area contributed by atoms with E-state index in [0.717, 1.165) is 48.6 Å². The van der Waals surface area contributed by atoms with Crippen LogP contribution in [-0.2, 0) is 17.9 Å². The molecular formula is C25H28ClFN4O2. The number of aromatic nitrogens is 2. The van der Waals surface area contributed by atoms with Gasteiger partial charge in [0.15, 0.2) is 0 Å². The quantitative estimate of drug-likeness (QED) is 0.523. The van der Waals surface area contributed by atoms with Crippen LogP contribution in [0.2, 0.25) is 5.02 Å². The first-order chi connectivity index (χ1) is 16.0. The van der Waals surface area contributed by atoms with E-state index in [9.17, 15) is 9.18 Å². The van der Waals surface area contributed by atoms with E-state index in [0.29, 0.717) is 19.0 Å². The minimum absolute atomic E-state index is 0.0753. The maximum atomic E-state index is 13.6. The Morgan fingerprint density at radius 1 is 1.24 bits per heavy atom. The number of piperidine rings is 1. The number of likely N-dealkylation sites (N-methyl/N-ethyl adjacent to an activating group) is 1. The molecule has 8 heteroatoms. The number of carbonyl (C=O) groups excluding carboxylic acids is 1. The van der Waals surface area contributed by atoms with Crippen LogP contribution in [0.4, 0.5) is 9.18 Å². The zero-order valence-corrected chi connectivity index (χ0v) is 19.4. The lowest BCUT2D eigenvalue weighted by atomic mass is 9.97. The molecule has 0 atom stereocenters. The summed E-state index contributed by atoms with van der Waals surface area (Å²) in [6.45, 7) is 3.19. The molecule has 4 rings (SSSR count). The van der Waals surface area contributed by atoms with Crippen molar-refractivity contribution < 1.29 is 13.9 Å². The van der Waals surface area contributed by atoms with E-state index in [1.807, 2.05) is 36.5 Å². The topological polar surface area (TPSA) is 59.4 Å². The molecule has 3 aromatic rings. The van der Waals surface area contributed by atoms with Crippen LogP contribution in [0.15, 0.2) is 54.7 Å². The third-order valence-corrected chi connectivity index (χ3v) is 6.21. The molecule has 6 nitrogen and oxygen atoms in total. The van der Waals surface area contributed by atoms with E-state index in [1.54, 1.807) is 24.1 Å². The SMILES string of the molecule is CN(CCn1cc(-c2ccc(F)c(Cl)c2)nc1C1CCNCC1)C(=O)OCc1ccccc1. The van der Waals surface area contributed by atoms with Crippen LogP contribution in [0.1, 0.15) is 30.1 Å². The summed E-state index contributed by atoms with van der Waals surface area (Å²) in [5.41, 5.74) is 2.47. The van der Waals surface area contributed by atoms with Gasteiger partial charge in [-0.05, 0) is 49.7 Å². The Morgan fingerprint density at radius 3 is 2.73 bits per heavy atom. The molecular weight excluding hydrogens is 443 g/mol. The molecule has 2 aromatic carbocycles. The highest BCUT2D eigenvalue weighted by molar-refractivity contribution is 6.31. The van der Waals surface area contributed by atoms with Gasteiger partial charge < -0.3 is 19.5 Å². The second-order valence-electron chi connectivity index (χ2n) is 8.29. The highest BCUT2D eigenvalue weighted by Gasteiger charge is 2.22. The largest absolute Gasteiger partial charge is 0.445 e. The van der Waals surface area contributed by atoms with Crippen LogP contribution >= 0.6 is 11.6 Å². The molecule has 1 fully saturated rings. The molecule has 0 bridgehead atoms. The van der Waals surface area contributed by atoms with E-state index in [4.69, 9.17) is 21.3 Å². The molecule has 1 aromatic heterocycles. The van der Waals surface area contributed by atoms with Gasteiger partial charge in [-0.25, -0.2) is 14.2 Å². The minimum atomic E-state index is -0.450. The summed E-state index contributed by atoms with van der Waals surface area (Å²) < 4.78 is 21.2. The number of halogens is 2. The summed E-state index contributed by atoms with van der Waals surface area (Å²) in [5.74, 6) is 0.860. The van der Waals surface area contributed by atoms with Crippen LogP contribution < -0.4 is 5.32 Å². The number of nitrogens with zero attached hydrogens (tertiary/aromatic N) is 3. The first-order valence-electron chi connectivity index (χ1n) is 11.2. The number of imidazole rings is 1. The predicted molar refractivity (Wildman–Crippen MR) is 127 cm³/mol. The second-order valence-corrected chi connectivity index (χ2v) is 8.70. The average Bonchev–Trinajstić information content (AvgIpc) is 3.28. The molecule has 1 saturated heterocycles. The van der Waals surface area contributed by atoms with Crippen molar-refractivity contribution in [3.05, 3.63) is 77.0 Å². The third-order valence-electron chi connectivity index (χ3n) is 5.92. The number of amides is 1. The number of carbonyl (C=O) groups is 1. The van der Waals surface area contributed by atoms with Crippen LogP contribution in [0.3, 0.4) is 0 Å². The summed E-state index contributed by atoms with van der Waals surface area (Å²) in [4.78, 5) is 18.9. The van der Waals surface area contributed by atoms with Crippen molar-refractivity contribution in [2.45, 2.75) is 31.9 Å². The molecule has 33 heavy (non-hydrogen) atoms. The zero-order valence-electron chi connectivity index (χ0n) is 18.6. The monoisotopic (exact) mass is 470 g/mol. The van der Waals surface area contributed by atoms with E-state index < -0.39 is 5.82 Å². The van der Waals surface area contributed by atoms with Crippen molar-refractivity contribution in [2.24, 2.45) is 0 Å². The molecule has 0 unspecified atom stereocenters. The Kier molecular flexibility index (Phi) is 7.62. The van der Waals surface area contributed by atoms with Crippen LogP contribution in [0.5, 0.6) is 0 Å². The molecule has 0 spiro atoms. The van der Waals surface area contributed by atoms with E-state index >= 15 is 0 Å². The molecule has 0 aliphatic carbocycles.